The monoisotopic (exact) mass is 1850 g/mol. The van der Waals surface area contributed by atoms with Gasteiger partial charge in [0.2, 0.25) is 11.0 Å². The Labute approximate surface area is 776 Å². The maximum atomic E-state index is 9.03. The Hall–Kier alpha value is -6.49. The molecule has 4 aromatic rings. The highest BCUT2D eigenvalue weighted by Gasteiger charge is 2.48. The number of aromatic nitrogens is 6. The third-order valence-corrected chi connectivity index (χ3v) is 19.8. The van der Waals surface area contributed by atoms with E-state index in [2.05, 4.69) is 342 Å². The van der Waals surface area contributed by atoms with Crippen LogP contribution in [-0.4, -0.2) is 216 Å². The van der Waals surface area contributed by atoms with Crippen LogP contribution in [0.4, 0.5) is 21.4 Å². The fraction of sp³-hybridized carbons (Fsp3) is 0.813. The van der Waals surface area contributed by atoms with Gasteiger partial charge in [-0.05, 0) is 315 Å². The Bertz CT molecular complexity index is 3810. The molecule has 12 rings (SSSR count). The molecule has 34 heteroatoms. The summed E-state index contributed by atoms with van der Waals surface area (Å²) in [6.07, 6.45) is 7.70. The summed E-state index contributed by atoms with van der Waals surface area (Å²) in [4.78, 5) is 39.5. The topological polar surface area (TPSA) is 352 Å². The number of aryl methyl sites for hydroxylation is 3. The predicted octanol–water partition coefficient (Wildman–Crippen LogP) is 20.8. The molecule has 8 aliphatic rings. The smallest absolute Gasteiger partial charge is 0.315 e. The third-order valence-electron chi connectivity index (χ3n) is 15.0. The van der Waals surface area contributed by atoms with Crippen LogP contribution < -0.4 is 47.9 Å². The van der Waals surface area contributed by atoms with Crippen LogP contribution in [0.25, 0.3) is 0 Å². The Morgan fingerprint density at radius 3 is 1.31 bits per heavy atom. The number of rotatable bonds is 5. The predicted molar refractivity (Wildman–Crippen MR) is 540 cm³/mol. The van der Waals surface area contributed by atoms with Crippen LogP contribution in [0.2, 0.25) is 0 Å². The van der Waals surface area contributed by atoms with E-state index >= 15 is 0 Å². The summed E-state index contributed by atoms with van der Waals surface area (Å²) < 4.78 is 32.0. The minimum Gasteiger partial charge on any atom is -0.480 e. The molecule has 3 fully saturated rings. The van der Waals surface area contributed by atoms with Gasteiger partial charge in [0.25, 0.3) is 24.1 Å². The standard InChI is InChI=1S/C10H19NO.C9H18N2O2.C9H16N2O.C9H18N2O.C9H18N2S.C8H16N2O.C8H14N2S.C8H15NS.C7H13N3O.C7H13N3S.C7H12N2S/c1-9(2,3)11-8-6-10(4,5)7-12-8;1-8(2,3)10-7-11-9(4,5-12)6-13-7;1-8(2,3)10-7-11-9(4-5-9)6-12-7;2*1-8(2,3)10-7-11-9(4,5)6-12-7;2*1-6-5-11-7(9-6)10-8(2,3)4;1-8(2,3)9-7-5-4-6-10-7;2*1-5-9-10-6(11-5)8-7(2,3)4;1-7(2,3)9-6-8-4-5-10-6/h6-7H2,1-5H3;12H,5-6H2,1-4H3,(H,10,11);4-6H2,1-3H3,(H,10,11);2*6H2,1-5H3,(H,10,11);6H,5H2,1-4H3,(H,9,10);5H,1-4H3,(H,9,10);4-6H2,1-3H3;2*1-4H3,(H,8,10);4-5H,1-3H3,(H,8,9). The lowest BCUT2D eigenvalue weighted by Gasteiger charge is -2.21. The second kappa shape index (κ2) is 47.4. The molecular formula is C91H172N22O7S5. The van der Waals surface area contributed by atoms with E-state index < -0.39 is 5.54 Å². The molecule has 2 saturated heterocycles. The van der Waals surface area contributed by atoms with Gasteiger partial charge in [0.15, 0.2) is 21.3 Å². The summed E-state index contributed by atoms with van der Waals surface area (Å²) in [5.74, 6) is 3.87. The lowest BCUT2D eigenvalue weighted by Crippen LogP contribution is -2.40. The van der Waals surface area contributed by atoms with Crippen molar-refractivity contribution in [1.82, 2.24) is 56.9 Å². The number of amidine groups is 5. The van der Waals surface area contributed by atoms with Gasteiger partial charge in [0.05, 0.1) is 52.1 Å². The molecule has 2 unspecified atom stereocenters. The third kappa shape index (κ3) is 60.1. The lowest BCUT2D eigenvalue weighted by molar-refractivity contribution is 0.167. The average Bonchev–Trinajstić information content (AvgIpc) is 1.62. The van der Waals surface area contributed by atoms with Gasteiger partial charge in [-0.1, -0.05) is 42.0 Å². The van der Waals surface area contributed by atoms with Crippen molar-refractivity contribution in [3.05, 3.63) is 33.5 Å². The number of aliphatic hydroxyl groups excluding tert-OH is 1. The largest absolute Gasteiger partial charge is 0.480 e. The summed E-state index contributed by atoms with van der Waals surface area (Å²) in [6, 6.07) is 3.41. The van der Waals surface area contributed by atoms with Crippen molar-refractivity contribution < 1.29 is 33.2 Å². The lowest BCUT2D eigenvalue weighted by atomic mass is 9.93. The van der Waals surface area contributed by atoms with E-state index in [1.807, 2.05) is 104 Å². The van der Waals surface area contributed by atoms with Crippen molar-refractivity contribution in [3.63, 3.8) is 0 Å². The van der Waals surface area contributed by atoms with Gasteiger partial charge in [-0.25, -0.2) is 34.9 Å². The second-order valence-electron chi connectivity index (χ2n) is 46.1. The van der Waals surface area contributed by atoms with Crippen molar-refractivity contribution in [2.45, 2.75) is 426 Å². The first kappa shape index (κ1) is 115. The van der Waals surface area contributed by atoms with Gasteiger partial charge in [0.1, 0.15) is 42.5 Å². The molecule has 0 radical (unpaired) electrons. The van der Waals surface area contributed by atoms with Crippen LogP contribution >= 0.6 is 57.5 Å². The normalized spacial score (nSPS) is 20.1. The molecule has 7 aliphatic heterocycles. The van der Waals surface area contributed by atoms with E-state index in [1.54, 1.807) is 47.1 Å². The number of thioether (sulfide) groups is 2. The van der Waals surface area contributed by atoms with Crippen LogP contribution in [0.1, 0.15) is 333 Å². The molecule has 1 saturated carbocycles. The zero-order valence-electron chi connectivity index (χ0n) is 85.8. The molecule has 4 aromatic heterocycles. The first-order valence-electron chi connectivity index (χ1n) is 43.8. The molecule has 0 bridgehead atoms. The van der Waals surface area contributed by atoms with Gasteiger partial charge in [0, 0.05) is 91.3 Å². The zero-order valence-corrected chi connectivity index (χ0v) is 89.8. The molecule has 0 amide bonds. The molecule has 2 atom stereocenters. The summed E-state index contributed by atoms with van der Waals surface area (Å²) in [7, 11) is 0. The number of nitrogens with one attached hydrogen (secondary N) is 9. The van der Waals surface area contributed by atoms with E-state index in [9.17, 15) is 0 Å². The van der Waals surface area contributed by atoms with Crippen LogP contribution in [0.5, 0.6) is 0 Å². The SMILES string of the molecule is CC(C)(C)N=C1CCCS1.CC(C)(C)NC1=NC2(CC2)CO1.CC(C)(C)Nc1nccs1.CC1(C)COC(=NC(C)(C)C)C1.CC1(C)COC(NC(C)(C)C)=N1.CC1(C)CSC(NC(C)(C)C)=N1.CC1(CO)COC(NC(C)(C)C)=N1.CC1COC(NC(C)(C)C)=N1.Cc1csc(NC(C)(C)C)n1.Cc1nnc(NC(C)(C)C)o1.Cc1nnc(NC(C)(C)C)s1. The molecule has 0 aromatic carbocycles. The van der Waals surface area contributed by atoms with Crippen molar-refractivity contribution in [1.29, 1.82) is 0 Å². The zero-order chi connectivity index (χ0) is 96.3. The fourth-order valence-corrected chi connectivity index (χ4v) is 14.8. The molecule has 1 spiro atoms. The van der Waals surface area contributed by atoms with Crippen LogP contribution in [-0.2, 0) is 23.7 Å². The summed E-state index contributed by atoms with van der Waals surface area (Å²) in [5.41, 5.74) is 1.77. The van der Waals surface area contributed by atoms with Gasteiger partial charge in [-0.3, -0.25) is 9.98 Å². The molecule has 125 heavy (non-hydrogen) atoms. The Morgan fingerprint density at radius 1 is 0.472 bits per heavy atom. The summed E-state index contributed by atoms with van der Waals surface area (Å²) in [6.45, 7) is 95.2. The first-order chi connectivity index (χ1) is 56.2. The van der Waals surface area contributed by atoms with E-state index in [0.717, 1.165) is 68.6 Å². The Kier molecular flexibility index (Phi) is 43.4. The number of thiazole rings is 2. The highest BCUT2D eigenvalue weighted by molar-refractivity contribution is 8.14. The van der Waals surface area contributed by atoms with Gasteiger partial charge >= 0.3 is 6.01 Å². The highest BCUT2D eigenvalue weighted by Crippen LogP contribution is 2.43. The number of aliphatic hydroxyl groups is 1. The van der Waals surface area contributed by atoms with E-state index in [4.69, 9.17) is 33.2 Å². The number of hydrogen-bond acceptors (Lipinski definition) is 34. The van der Waals surface area contributed by atoms with E-state index in [1.165, 1.54) is 36.5 Å². The van der Waals surface area contributed by atoms with Crippen molar-refractivity contribution in [2.24, 2.45) is 40.4 Å². The average molecular weight is 1850 g/mol. The minimum atomic E-state index is -0.465. The molecule has 718 valence electrons. The minimum absolute atomic E-state index is 0.00421. The maximum absolute atomic E-state index is 9.03. The highest BCUT2D eigenvalue weighted by atomic mass is 32.2. The maximum Gasteiger partial charge on any atom is 0.315 e. The number of ether oxygens (including phenoxy) is 5. The molecular weight excluding hydrogens is 1670 g/mol. The number of aliphatic imine (C=N–C) groups is 7. The number of nitrogens with zero attached hydrogens (tertiary/aromatic N) is 13. The van der Waals surface area contributed by atoms with Gasteiger partial charge < -0.3 is 81.1 Å². The van der Waals surface area contributed by atoms with Crippen LogP contribution in [0.3, 0.4) is 0 Å². The quantitative estimate of drug-likeness (QED) is 0.0887. The summed E-state index contributed by atoms with van der Waals surface area (Å²) >= 11 is 8.60. The Balaban J connectivity index is 0.000000466. The van der Waals surface area contributed by atoms with E-state index in [0.29, 0.717) is 55.8 Å². The van der Waals surface area contributed by atoms with Gasteiger partial charge in [-0.15, -0.1) is 49.7 Å². The molecule has 10 N–H and O–H groups in total. The second-order valence-corrected chi connectivity index (χ2v) is 51.2. The number of anilines is 4. The summed E-state index contributed by atoms with van der Waals surface area (Å²) in [5, 5.41) is 63.8. The molecule has 29 nitrogen and oxygen atoms in total. The first-order valence-corrected chi connectivity index (χ1v) is 48.4. The van der Waals surface area contributed by atoms with Crippen molar-refractivity contribution in [2.75, 3.05) is 72.4 Å². The van der Waals surface area contributed by atoms with Crippen molar-refractivity contribution in [3.8, 4) is 0 Å². The van der Waals surface area contributed by atoms with Crippen molar-refractivity contribution >= 4 is 119 Å². The Morgan fingerprint density at radius 2 is 0.960 bits per heavy atom. The number of hydrogen-bond donors (Lipinski definition) is 10. The molecule has 1 aliphatic carbocycles. The molecule has 11 heterocycles. The van der Waals surface area contributed by atoms with E-state index in [-0.39, 0.29) is 89.6 Å². The fourth-order valence-electron chi connectivity index (χ4n) is 9.93. The van der Waals surface area contributed by atoms with Crippen LogP contribution in [0.15, 0.2) is 56.3 Å². The van der Waals surface area contributed by atoms with Gasteiger partial charge in [-0.2, -0.15) is 0 Å². The van der Waals surface area contributed by atoms with Crippen LogP contribution in [0, 0.1) is 26.2 Å².